The summed E-state index contributed by atoms with van der Waals surface area (Å²) in [5, 5.41) is 1.48. The van der Waals surface area contributed by atoms with Crippen molar-refractivity contribution >= 4 is 13.8 Å². The molecule has 0 atom stereocenters. The van der Waals surface area contributed by atoms with E-state index in [2.05, 4.69) is 45.6 Å². The third-order valence-corrected chi connectivity index (χ3v) is 3.74. The highest BCUT2D eigenvalue weighted by Crippen LogP contribution is 2.28. The van der Waals surface area contributed by atoms with Crippen LogP contribution in [0.3, 0.4) is 0 Å². The molecule has 0 aliphatic rings. The Bertz CT molecular complexity index is 337. The van der Waals surface area contributed by atoms with Crippen molar-refractivity contribution < 1.29 is 0 Å². The van der Waals surface area contributed by atoms with E-state index in [1.165, 1.54) is 30.2 Å². The lowest BCUT2D eigenvalue weighted by Gasteiger charge is -2.07. The van der Waals surface area contributed by atoms with Crippen molar-refractivity contribution in [1.29, 1.82) is 0 Å². The number of aryl methyl sites for hydroxylation is 2. The van der Waals surface area contributed by atoms with Gasteiger partial charge in [-0.2, -0.15) is 0 Å². The maximum Gasteiger partial charge on any atom is 0.00493 e. The van der Waals surface area contributed by atoms with E-state index in [4.69, 9.17) is 0 Å². The minimum Gasteiger partial charge on any atom is -0.0807 e. The predicted octanol–water partition coefficient (Wildman–Crippen LogP) is 5.09. The zero-order valence-corrected chi connectivity index (χ0v) is 10.5. The molecule has 1 aromatic rings. The van der Waals surface area contributed by atoms with Crippen molar-refractivity contribution in [3.8, 4) is 0 Å². The fourth-order valence-electron chi connectivity index (χ4n) is 1.48. The van der Waals surface area contributed by atoms with Gasteiger partial charge in [-0.15, -0.1) is 0 Å². The van der Waals surface area contributed by atoms with E-state index in [-0.39, 0.29) is 0 Å². The Hall–Kier alpha value is -0.610. The first-order valence-corrected chi connectivity index (χ1v) is 6.28. The zero-order valence-electron chi connectivity index (χ0n) is 9.59. The summed E-state index contributed by atoms with van der Waals surface area (Å²) in [6.07, 6.45) is 4.63. The molecule has 0 aromatic carbocycles. The van der Waals surface area contributed by atoms with Crippen LogP contribution in [0.2, 0.25) is 0 Å². The first-order valence-electron chi connectivity index (χ1n) is 5.31. The molecule has 0 bridgehead atoms. The maximum absolute atomic E-state index is 2.35. The second-order valence-corrected chi connectivity index (χ2v) is 4.64. The van der Waals surface area contributed by atoms with Gasteiger partial charge >= 0.3 is 0 Å². The summed E-state index contributed by atoms with van der Waals surface area (Å²) in [6, 6.07) is 2.34. The number of allylic oxidation sites excluding steroid dienone is 2. The highest BCUT2D eigenvalue weighted by molar-refractivity contribution is 7.31. The summed E-state index contributed by atoms with van der Waals surface area (Å²) < 4.78 is 0. The van der Waals surface area contributed by atoms with Crippen LogP contribution in [0.15, 0.2) is 17.9 Å². The van der Waals surface area contributed by atoms with Gasteiger partial charge in [0.2, 0.25) is 0 Å². The van der Waals surface area contributed by atoms with E-state index >= 15 is 0 Å². The molecule has 1 aromatic heterocycles. The zero-order chi connectivity index (χ0) is 10.6. The molecule has 0 aliphatic carbocycles. The fourth-order valence-corrected chi connectivity index (χ4v) is 2.70. The molecular weight excluding hydrogens is 187 g/mol. The van der Waals surface area contributed by atoms with Crippen molar-refractivity contribution in [2.24, 2.45) is 0 Å². The number of hydrogen-bond acceptors (Lipinski definition) is 0. The first kappa shape index (κ1) is 11.5. The standard InChI is InChI=1S/C13H19P/c1-5-7-12(6-2)13-8-10(3)11(4)9-14-13/h7-9H,5-6H2,1-4H3. The largest absolute Gasteiger partial charge is 0.0807 e. The van der Waals surface area contributed by atoms with Gasteiger partial charge in [0.1, 0.15) is 0 Å². The normalized spacial score (nSPS) is 12.4. The summed E-state index contributed by atoms with van der Waals surface area (Å²) in [5.74, 6) is 2.31. The molecule has 0 saturated heterocycles. The lowest BCUT2D eigenvalue weighted by atomic mass is 10.1. The Balaban J connectivity index is 3.06. The van der Waals surface area contributed by atoms with E-state index in [0.29, 0.717) is 0 Å². The molecular formula is C13H19P. The minimum absolute atomic E-state index is 1.14. The minimum atomic E-state index is 1.14. The van der Waals surface area contributed by atoms with Crippen molar-refractivity contribution in [2.75, 3.05) is 0 Å². The Morgan fingerprint density at radius 1 is 1.29 bits per heavy atom. The molecule has 14 heavy (non-hydrogen) atoms. The average molecular weight is 206 g/mol. The van der Waals surface area contributed by atoms with Crippen molar-refractivity contribution in [1.82, 2.24) is 0 Å². The van der Waals surface area contributed by atoms with Crippen LogP contribution in [0.1, 0.15) is 43.1 Å². The molecule has 0 unspecified atom stereocenters. The molecule has 0 N–H and O–H groups in total. The van der Waals surface area contributed by atoms with Gasteiger partial charge < -0.3 is 0 Å². The lowest BCUT2D eigenvalue weighted by Crippen LogP contribution is -1.83. The Labute approximate surface area is 89.2 Å². The summed E-state index contributed by atoms with van der Waals surface area (Å²) in [4.78, 5) is 0. The van der Waals surface area contributed by atoms with Crippen molar-refractivity contribution in [3.63, 3.8) is 0 Å². The molecule has 1 heterocycles. The third-order valence-electron chi connectivity index (χ3n) is 2.53. The lowest BCUT2D eigenvalue weighted by molar-refractivity contribution is 1.17. The molecule has 0 radical (unpaired) electrons. The monoisotopic (exact) mass is 206 g/mol. The van der Waals surface area contributed by atoms with Crippen LogP contribution in [0.4, 0.5) is 0 Å². The molecule has 0 amide bonds. The fraction of sp³-hybridized carbons (Fsp3) is 0.462. The first-order chi connectivity index (χ1) is 6.69. The van der Waals surface area contributed by atoms with Gasteiger partial charge in [-0.05, 0) is 55.3 Å². The van der Waals surface area contributed by atoms with E-state index in [9.17, 15) is 0 Å². The van der Waals surface area contributed by atoms with Crippen LogP contribution < -0.4 is 0 Å². The quantitative estimate of drug-likeness (QED) is 0.646. The molecule has 0 nitrogen and oxygen atoms in total. The van der Waals surface area contributed by atoms with Gasteiger partial charge in [0.15, 0.2) is 0 Å². The number of rotatable bonds is 3. The Morgan fingerprint density at radius 3 is 2.50 bits per heavy atom. The smallest absolute Gasteiger partial charge is 0.00493 e. The average Bonchev–Trinajstić information content (AvgIpc) is 2.19. The van der Waals surface area contributed by atoms with Gasteiger partial charge in [-0.3, -0.25) is 0 Å². The summed E-state index contributed by atoms with van der Waals surface area (Å²) in [7, 11) is 1.36. The topological polar surface area (TPSA) is 0 Å². The van der Waals surface area contributed by atoms with Crippen LogP contribution in [0.5, 0.6) is 0 Å². The summed E-state index contributed by atoms with van der Waals surface area (Å²) >= 11 is 0. The van der Waals surface area contributed by atoms with E-state index in [1.807, 2.05) is 0 Å². The molecule has 1 rings (SSSR count). The highest BCUT2D eigenvalue weighted by atomic mass is 31.0. The summed E-state index contributed by atoms with van der Waals surface area (Å²) in [6.45, 7) is 8.82. The third kappa shape index (κ3) is 2.69. The van der Waals surface area contributed by atoms with Crippen molar-refractivity contribution in [3.05, 3.63) is 34.4 Å². The van der Waals surface area contributed by atoms with Gasteiger partial charge in [0.05, 0.1) is 0 Å². The number of hydrogen-bond donors (Lipinski definition) is 0. The van der Waals surface area contributed by atoms with Crippen LogP contribution in [-0.4, -0.2) is 0 Å². The predicted molar refractivity (Wildman–Crippen MR) is 67.0 cm³/mol. The molecule has 0 saturated carbocycles. The molecule has 0 aliphatic heterocycles. The molecule has 1 heteroatoms. The molecule has 0 spiro atoms. The van der Waals surface area contributed by atoms with Gasteiger partial charge in [0, 0.05) is 5.30 Å². The SMILES string of the molecule is CCC=C(CC)c1cc(C)c(C)cp1. The van der Waals surface area contributed by atoms with E-state index < -0.39 is 0 Å². The van der Waals surface area contributed by atoms with E-state index in [0.717, 1.165) is 12.8 Å². The second kappa shape index (κ2) is 5.32. The van der Waals surface area contributed by atoms with Crippen LogP contribution in [-0.2, 0) is 0 Å². The maximum atomic E-state index is 2.35. The van der Waals surface area contributed by atoms with Crippen molar-refractivity contribution in [2.45, 2.75) is 40.5 Å². The highest BCUT2D eigenvalue weighted by Gasteiger charge is 2.00. The second-order valence-electron chi connectivity index (χ2n) is 3.64. The molecule has 76 valence electrons. The Kier molecular flexibility index (Phi) is 4.35. The van der Waals surface area contributed by atoms with Crippen LogP contribution in [0, 0.1) is 13.8 Å². The van der Waals surface area contributed by atoms with Gasteiger partial charge in [-0.1, -0.05) is 28.1 Å². The Morgan fingerprint density at radius 2 is 2.00 bits per heavy atom. The molecule has 0 fully saturated rings. The van der Waals surface area contributed by atoms with Gasteiger partial charge in [0.25, 0.3) is 0 Å². The van der Waals surface area contributed by atoms with Crippen LogP contribution >= 0.6 is 8.19 Å². The van der Waals surface area contributed by atoms with Crippen LogP contribution in [0.25, 0.3) is 5.57 Å². The van der Waals surface area contributed by atoms with E-state index in [1.54, 1.807) is 0 Å². The summed E-state index contributed by atoms with van der Waals surface area (Å²) in [5.41, 5.74) is 4.34. The van der Waals surface area contributed by atoms with Gasteiger partial charge in [-0.25, -0.2) is 0 Å².